The molecule has 1 saturated carbocycles. The van der Waals surface area contributed by atoms with E-state index in [-0.39, 0.29) is 0 Å². The lowest BCUT2D eigenvalue weighted by Crippen LogP contribution is -2.62. The fourth-order valence-corrected chi connectivity index (χ4v) is 3.42. The van der Waals surface area contributed by atoms with Crippen LogP contribution in [0.2, 0.25) is 0 Å². The molecule has 3 rings (SSSR count). The Bertz CT molecular complexity index is 452. The molecule has 0 radical (unpaired) electrons. The molecule has 1 fully saturated rings. The van der Waals surface area contributed by atoms with Crippen LogP contribution in [0.5, 0.6) is 5.75 Å². The van der Waals surface area contributed by atoms with Crippen LogP contribution in [0.15, 0.2) is 18.2 Å². The van der Waals surface area contributed by atoms with E-state index in [9.17, 15) is 0 Å². The minimum Gasteiger partial charge on any atom is -0.497 e. The molecular weight excluding hydrogens is 224 g/mol. The van der Waals surface area contributed by atoms with Crippen molar-refractivity contribution < 1.29 is 4.74 Å². The maximum Gasteiger partial charge on any atom is 0.121 e. The van der Waals surface area contributed by atoms with Gasteiger partial charge in [-0.15, -0.1) is 0 Å². The van der Waals surface area contributed by atoms with Crippen LogP contribution < -0.4 is 15.0 Å². The quantitative estimate of drug-likeness (QED) is 0.867. The van der Waals surface area contributed by atoms with Crippen LogP contribution in [-0.4, -0.2) is 25.2 Å². The summed E-state index contributed by atoms with van der Waals surface area (Å²) in [6.07, 6.45) is 3.95. The predicted octanol–water partition coefficient (Wildman–Crippen LogP) is 3.26. The zero-order chi connectivity index (χ0) is 12.8. The largest absolute Gasteiger partial charge is 0.497 e. The summed E-state index contributed by atoms with van der Waals surface area (Å²) >= 11 is 0. The molecule has 0 aromatic heterocycles. The van der Waals surface area contributed by atoms with Crippen LogP contribution in [0.3, 0.4) is 0 Å². The predicted molar refractivity (Wildman–Crippen MR) is 75.7 cm³/mol. The summed E-state index contributed by atoms with van der Waals surface area (Å²) in [5.41, 5.74) is 2.88. The van der Waals surface area contributed by atoms with Crippen LogP contribution in [0.25, 0.3) is 0 Å². The topological polar surface area (TPSA) is 24.5 Å². The molecule has 2 aliphatic rings. The van der Waals surface area contributed by atoms with Gasteiger partial charge >= 0.3 is 0 Å². The molecular formula is C15H22N2O. The number of ether oxygens (including phenoxy) is 1. The fourth-order valence-electron chi connectivity index (χ4n) is 3.42. The molecule has 1 aromatic rings. The van der Waals surface area contributed by atoms with Gasteiger partial charge in [0, 0.05) is 18.7 Å². The monoisotopic (exact) mass is 246 g/mol. The molecule has 0 bridgehead atoms. The third-order valence-corrected chi connectivity index (χ3v) is 4.38. The minimum atomic E-state index is 0.341. The van der Waals surface area contributed by atoms with Gasteiger partial charge in [0.1, 0.15) is 5.75 Å². The summed E-state index contributed by atoms with van der Waals surface area (Å²) in [5.74, 6) is 0.942. The van der Waals surface area contributed by atoms with Gasteiger partial charge in [0.25, 0.3) is 0 Å². The standard InChI is InChI=1S/C15H22N2O/c1-11(2)17-14-9-12(18-3)5-6-13(14)16-10-15(17)7-4-8-15/h5-6,9,11,16H,4,7-8,10H2,1-3H3. The Kier molecular flexibility index (Phi) is 2.65. The molecule has 18 heavy (non-hydrogen) atoms. The lowest BCUT2D eigenvalue weighted by atomic mass is 9.73. The van der Waals surface area contributed by atoms with E-state index in [2.05, 4.69) is 36.2 Å². The first kappa shape index (κ1) is 11.7. The molecule has 1 N–H and O–H groups in total. The highest BCUT2D eigenvalue weighted by molar-refractivity contribution is 5.76. The second-order valence-corrected chi connectivity index (χ2v) is 5.78. The van der Waals surface area contributed by atoms with Crippen LogP contribution >= 0.6 is 0 Å². The van der Waals surface area contributed by atoms with E-state index in [0.717, 1.165) is 12.3 Å². The normalized spacial score (nSPS) is 20.3. The summed E-state index contributed by atoms with van der Waals surface area (Å²) in [4.78, 5) is 2.60. The summed E-state index contributed by atoms with van der Waals surface area (Å²) in [6.45, 7) is 5.65. The number of benzene rings is 1. The van der Waals surface area contributed by atoms with E-state index < -0.39 is 0 Å². The summed E-state index contributed by atoms with van der Waals surface area (Å²) in [6, 6.07) is 6.86. The molecule has 1 aliphatic heterocycles. The molecule has 0 amide bonds. The number of rotatable bonds is 2. The van der Waals surface area contributed by atoms with Gasteiger partial charge in [-0.3, -0.25) is 0 Å². The smallest absolute Gasteiger partial charge is 0.121 e. The van der Waals surface area contributed by atoms with Crippen molar-refractivity contribution in [3.63, 3.8) is 0 Å². The third kappa shape index (κ3) is 1.57. The number of nitrogens with one attached hydrogen (secondary N) is 1. The first-order chi connectivity index (χ1) is 8.66. The van der Waals surface area contributed by atoms with E-state index in [1.165, 1.54) is 30.6 Å². The third-order valence-electron chi connectivity index (χ3n) is 4.38. The Morgan fingerprint density at radius 2 is 2.11 bits per heavy atom. The van der Waals surface area contributed by atoms with E-state index in [1.54, 1.807) is 7.11 Å². The van der Waals surface area contributed by atoms with E-state index >= 15 is 0 Å². The van der Waals surface area contributed by atoms with Crippen molar-refractivity contribution in [2.24, 2.45) is 0 Å². The average Bonchev–Trinajstić information content (AvgIpc) is 2.34. The van der Waals surface area contributed by atoms with Gasteiger partial charge in [-0.05, 0) is 45.2 Å². The van der Waals surface area contributed by atoms with E-state index in [0.29, 0.717) is 11.6 Å². The van der Waals surface area contributed by atoms with Crippen molar-refractivity contribution in [2.45, 2.75) is 44.7 Å². The summed E-state index contributed by atoms with van der Waals surface area (Å²) < 4.78 is 5.37. The molecule has 98 valence electrons. The van der Waals surface area contributed by atoms with Crippen molar-refractivity contribution in [2.75, 3.05) is 23.9 Å². The molecule has 3 nitrogen and oxygen atoms in total. The maximum absolute atomic E-state index is 5.37. The van der Waals surface area contributed by atoms with Crippen molar-refractivity contribution in [1.29, 1.82) is 0 Å². The van der Waals surface area contributed by atoms with Crippen LogP contribution in [0, 0.1) is 0 Å². The molecule has 1 spiro atoms. The fraction of sp³-hybridized carbons (Fsp3) is 0.600. The van der Waals surface area contributed by atoms with Gasteiger partial charge in [-0.2, -0.15) is 0 Å². The Morgan fingerprint density at radius 3 is 2.67 bits per heavy atom. The molecule has 1 aromatic carbocycles. The average molecular weight is 246 g/mol. The van der Waals surface area contributed by atoms with E-state index in [4.69, 9.17) is 4.74 Å². The Morgan fingerprint density at radius 1 is 1.33 bits per heavy atom. The number of anilines is 2. The van der Waals surface area contributed by atoms with Crippen molar-refractivity contribution >= 4 is 11.4 Å². The SMILES string of the molecule is COc1ccc2c(c1)N(C(C)C)C1(CCC1)CN2. The maximum atomic E-state index is 5.37. The highest BCUT2D eigenvalue weighted by atomic mass is 16.5. The molecule has 0 saturated heterocycles. The van der Waals surface area contributed by atoms with Gasteiger partial charge in [-0.25, -0.2) is 0 Å². The van der Waals surface area contributed by atoms with Crippen LogP contribution in [0.4, 0.5) is 11.4 Å². The Labute approximate surface area is 109 Å². The highest BCUT2D eigenvalue weighted by Gasteiger charge is 2.46. The van der Waals surface area contributed by atoms with Gasteiger partial charge in [0.15, 0.2) is 0 Å². The first-order valence-electron chi connectivity index (χ1n) is 6.87. The van der Waals surface area contributed by atoms with Crippen molar-refractivity contribution in [1.82, 2.24) is 0 Å². The zero-order valence-corrected chi connectivity index (χ0v) is 11.5. The van der Waals surface area contributed by atoms with Gasteiger partial charge in [0.05, 0.1) is 24.0 Å². The number of hydrogen-bond acceptors (Lipinski definition) is 3. The molecule has 0 atom stereocenters. The Balaban J connectivity index is 2.06. The highest BCUT2D eigenvalue weighted by Crippen LogP contribution is 2.48. The summed E-state index contributed by atoms with van der Waals surface area (Å²) in [7, 11) is 1.73. The van der Waals surface area contributed by atoms with Gasteiger partial charge < -0.3 is 15.0 Å². The van der Waals surface area contributed by atoms with Crippen molar-refractivity contribution in [3.05, 3.63) is 18.2 Å². The number of methoxy groups -OCH3 is 1. The van der Waals surface area contributed by atoms with E-state index in [1.807, 2.05) is 6.07 Å². The minimum absolute atomic E-state index is 0.341. The van der Waals surface area contributed by atoms with Crippen LogP contribution in [0.1, 0.15) is 33.1 Å². The second-order valence-electron chi connectivity index (χ2n) is 5.78. The molecule has 3 heteroatoms. The molecule has 1 heterocycles. The first-order valence-corrected chi connectivity index (χ1v) is 6.87. The number of nitrogens with zero attached hydrogens (tertiary/aromatic N) is 1. The lowest BCUT2D eigenvalue weighted by molar-refractivity contribution is 0.226. The number of fused-ring (bicyclic) bond motifs is 1. The van der Waals surface area contributed by atoms with Gasteiger partial charge in [0.2, 0.25) is 0 Å². The zero-order valence-electron chi connectivity index (χ0n) is 11.5. The number of hydrogen-bond donors (Lipinski definition) is 1. The van der Waals surface area contributed by atoms with Gasteiger partial charge in [-0.1, -0.05) is 0 Å². The lowest BCUT2D eigenvalue weighted by Gasteiger charge is -2.56. The second kappa shape index (κ2) is 4.08. The Hall–Kier alpha value is -1.38. The summed E-state index contributed by atoms with van der Waals surface area (Å²) in [5, 5.41) is 3.59. The van der Waals surface area contributed by atoms with Crippen LogP contribution in [-0.2, 0) is 0 Å². The van der Waals surface area contributed by atoms with Crippen molar-refractivity contribution in [3.8, 4) is 5.75 Å². The molecule has 1 aliphatic carbocycles. The molecule has 0 unspecified atom stereocenters.